The summed E-state index contributed by atoms with van der Waals surface area (Å²) in [5, 5.41) is 2.74. The van der Waals surface area contributed by atoms with Crippen LogP contribution in [0.25, 0.3) is 5.69 Å². The van der Waals surface area contributed by atoms with Crippen LogP contribution in [-0.2, 0) is 16.1 Å². The Morgan fingerprint density at radius 3 is 2.80 bits per heavy atom. The molecular formula is C22H21FN4O3. The van der Waals surface area contributed by atoms with Crippen LogP contribution in [0.15, 0.2) is 61.2 Å². The van der Waals surface area contributed by atoms with Crippen molar-refractivity contribution in [3.8, 4) is 11.4 Å². The van der Waals surface area contributed by atoms with E-state index in [4.69, 9.17) is 4.74 Å². The molecule has 1 aromatic heterocycles. The zero-order valence-electron chi connectivity index (χ0n) is 16.3. The molecule has 1 N–H and O–H groups in total. The number of nitrogens with one attached hydrogen (secondary N) is 1. The molecule has 0 spiro atoms. The normalized spacial score (nSPS) is 12.8. The van der Waals surface area contributed by atoms with E-state index in [1.807, 2.05) is 24.3 Å². The van der Waals surface area contributed by atoms with E-state index in [1.165, 1.54) is 12.4 Å². The van der Waals surface area contributed by atoms with Crippen LogP contribution >= 0.6 is 0 Å². The third-order valence-electron chi connectivity index (χ3n) is 4.88. The topological polar surface area (TPSA) is 76.5 Å². The Bertz CT molecular complexity index is 1050. The van der Waals surface area contributed by atoms with Crippen molar-refractivity contribution >= 4 is 17.5 Å². The van der Waals surface area contributed by atoms with Gasteiger partial charge in [-0.1, -0.05) is 18.2 Å². The lowest BCUT2D eigenvalue weighted by atomic mass is 10.1. The van der Waals surface area contributed by atoms with Crippen LogP contribution in [0.5, 0.6) is 5.75 Å². The molecule has 1 aliphatic heterocycles. The number of para-hydroxylation sites is 2. The fourth-order valence-electron chi connectivity index (χ4n) is 3.34. The number of benzene rings is 2. The van der Waals surface area contributed by atoms with E-state index in [0.29, 0.717) is 30.2 Å². The van der Waals surface area contributed by atoms with Crippen LogP contribution < -0.4 is 15.0 Å². The first-order valence-corrected chi connectivity index (χ1v) is 9.67. The van der Waals surface area contributed by atoms with Gasteiger partial charge in [0.25, 0.3) is 0 Å². The minimum absolute atomic E-state index is 0.0635. The first kappa shape index (κ1) is 19.6. The number of hydrogen-bond donors (Lipinski definition) is 1. The van der Waals surface area contributed by atoms with Gasteiger partial charge in [0.2, 0.25) is 11.8 Å². The molecule has 7 nitrogen and oxygen atoms in total. The predicted octanol–water partition coefficient (Wildman–Crippen LogP) is 2.83. The molecule has 0 radical (unpaired) electrons. The fourth-order valence-corrected chi connectivity index (χ4v) is 3.34. The summed E-state index contributed by atoms with van der Waals surface area (Å²) in [6, 6.07) is 12.1. The van der Waals surface area contributed by atoms with Crippen LogP contribution in [0.2, 0.25) is 0 Å². The number of hydrogen-bond acceptors (Lipinski definition) is 4. The van der Waals surface area contributed by atoms with Crippen molar-refractivity contribution < 1.29 is 18.7 Å². The number of fused-ring (bicyclic) bond motifs is 1. The van der Waals surface area contributed by atoms with Gasteiger partial charge in [0.15, 0.2) is 0 Å². The van der Waals surface area contributed by atoms with Crippen LogP contribution in [0.3, 0.4) is 0 Å². The van der Waals surface area contributed by atoms with Crippen molar-refractivity contribution in [2.45, 2.75) is 19.4 Å². The number of carbonyl (C=O) groups excluding carboxylic acids is 2. The Morgan fingerprint density at radius 2 is 2.00 bits per heavy atom. The van der Waals surface area contributed by atoms with Gasteiger partial charge in [0.1, 0.15) is 18.2 Å². The van der Waals surface area contributed by atoms with E-state index in [9.17, 15) is 14.0 Å². The van der Waals surface area contributed by atoms with Gasteiger partial charge >= 0.3 is 0 Å². The van der Waals surface area contributed by atoms with Gasteiger partial charge in [-0.25, -0.2) is 9.37 Å². The maximum atomic E-state index is 14.3. The van der Waals surface area contributed by atoms with Crippen LogP contribution in [0.1, 0.15) is 18.4 Å². The van der Waals surface area contributed by atoms with Gasteiger partial charge < -0.3 is 19.5 Å². The molecule has 0 aliphatic carbocycles. The van der Waals surface area contributed by atoms with E-state index in [1.54, 1.807) is 34.0 Å². The zero-order valence-corrected chi connectivity index (χ0v) is 16.3. The first-order chi connectivity index (χ1) is 14.6. The number of carbonyl (C=O) groups is 2. The molecule has 0 fully saturated rings. The zero-order chi connectivity index (χ0) is 20.9. The standard InChI is InChI=1S/C22H21FN4O3/c23-17-13-16(5-6-18(17)26-10-9-24-15-26)14-25-21(28)7-8-22(29)27-11-12-30-20-4-2-1-3-19(20)27/h1-6,9-10,13,15H,7-8,11-12,14H2,(H,25,28). The third-order valence-corrected chi connectivity index (χ3v) is 4.88. The number of nitrogens with zero attached hydrogens (tertiary/aromatic N) is 3. The minimum atomic E-state index is -0.402. The average Bonchev–Trinajstić information content (AvgIpc) is 3.30. The van der Waals surface area contributed by atoms with E-state index in [2.05, 4.69) is 10.3 Å². The van der Waals surface area contributed by atoms with Gasteiger partial charge in [-0.05, 0) is 29.8 Å². The molecule has 0 atom stereocenters. The highest BCUT2D eigenvalue weighted by Crippen LogP contribution is 2.31. The van der Waals surface area contributed by atoms with Crippen molar-refractivity contribution in [2.75, 3.05) is 18.1 Å². The highest BCUT2D eigenvalue weighted by molar-refractivity contribution is 5.97. The highest BCUT2D eigenvalue weighted by atomic mass is 19.1. The number of imidazole rings is 1. The monoisotopic (exact) mass is 408 g/mol. The van der Waals surface area contributed by atoms with Gasteiger partial charge in [-0.15, -0.1) is 0 Å². The summed E-state index contributed by atoms with van der Waals surface area (Å²) in [4.78, 5) is 30.3. The molecule has 2 amide bonds. The number of aromatic nitrogens is 2. The second-order valence-electron chi connectivity index (χ2n) is 6.89. The lowest BCUT2D eigenvalue weighted by molar-refractivity contribution is -0.125. The van der Waals surface area contributed by atoms with E-state index in [-0.39, 0.29) is 31.2 Å². The van der Waals surface area contributed by atoms with Crippen LogP contribution in [0, 0.1) is 5.82 Å². The Hall–Kier alpha value is -3.68. The van der Waals surface area contributed by atoms with Crippen LogP contribution in [0.4, 0.5) is 10.1 Å². The maximum absolute atomic E-state index is 14.3. The van der Waals surface area contributed by atoms with Gasteiger partial charge in [-0.2, -0.15) is 0 Å². The van der Waals surface area contributed by atoms with Crippen molar-refractivity contribution in [3.05, 3.63) is 72.6 Å². The number of rotatable bonds is 6. The summed E-state index contributed by atoms with van der Waals surface area (Å²) in [5.41, 5.74) is 1.75. The number of amides is 2. The minimum Gasteiger partial charge on any atom is -0.490 e. The lowest BCUT2D eigenvalue weighted by Gasteiger charge is -2.29. The molecule has 8 heteroatoms. The average molecular weight is 408 g/mol. The first-order valence-electron chi connectivity index (χ1n) is 9.67. The second kappa shape index (κ2) is 8.77. The summed E-state index contributed by atoms with van der Waals surface area (Å²) < 4.78 is 21.4. The molecular weight excluding hydrogens is 387 g/mol. The molecule has 0 unspecified atom stereocenters. The SMILES string of the molecule is O=C(CCC(=O)N1CCOc2ccccc21)NCc1ccc(-n2ccnc2)c(F)c1. The Balaban J connectivity index is 1.29. The van der Waals surface area contributed by atoms with Gasteiger partial charge in [0.05, 0.1) is 24.2 Å². The Kier molecular flexibility index (Phi) is 5.74. The largest absolute Gasteiger partial charge is 0.490 e. The summed E-state index contributed by atoms with van der Waals surface area (Å²) in [6.07, 6.45) is 4.90. The molecule has 0 saturated carbocycles. The molecule has 1 aliphatic rings. The molecule has 154 valence electrons. The quantitative estimate of drug-likeness (QED) is 0.681. The maximum Gasteiger partial charge on any atom is 0.227 e. The summed E-state index contributed by atoms with van der Waals surface area (Å²) >= 11 is 0. The summed E-state index contributed by atoms with van der Waals surface area (Å²) in [6.45, 7) is 1.07. The summed E-state index contributed by atoms with van der Waals surface area (Å²) in [5.74, 6) is -0.121. The number of anilines is 1. The van der Waals surface area contributed by atoms with Crippen molar-refractivity contribution in [3.63, 3.8) is 0 Å². The molecule has 2 heterocycles. The highest BCUT2D eigenvalue weighted by Gasteiger charge is 2.23. The molecule has 0 bridgehead atoms. The van der Waals surface area contributed by atoms with Gasteiger partial charge in [0, 0.05) is 31.8 Å². The summed E-state index contributed by atoms with van der Waals surface area (Å²) in [7, 11) is 0. The molecule has 2 aromatic carbocycles. The fraction of sp³-hybridized carbons (Fsp3) is 0.227. The Morgan fingerprint density at radius 1 is 1.13 bits per heavy atom. The number of ether oxygens (including phenoxy) is 1. The lowest BCUT2D eigenvalue weighted by Crippen LogP contribution is -2.38. The van der Waals surface area contributed by atoms with Crippen LogP contribution in [-0.4, -0.2) is 34.5 Å². The smallest absolute Gasteiger partial charge is 0.227 e. The molecule has 30 heavy (non-hydrogen) atoms. The van der Waals surface area contributed by atoms with E-state index < -0.39 is 5.82 Å². The van der Waals surface area contributed by atoms with Gasteiger partial charge in [-0.3, -0.25) is 9.59 Å². The predicted molar refractivity (Wildman–Crippen MR) is 109 cm³/mol. The molecule has 3 aromatic rings. The number of halogens is 1. The van der Waals surface area contributed by atoms with Crippen molar-refractivity contribution in [2.24, 2.45) is 0 Å². The van der Waals surface area contributed by atoms with E-state index in [0.717, 1.165) is 5.69 Å². The van der Waals surface area contributed by atoms with E-state index >= 15 is 0 Å². The molecule has 0 saturated heterocycles. The second-order valence-corrected chi connectivity index (χ2v) is 6.89. The third kappa shape index (κ3) is 4.32. The Labute approximate surface area is 173 Å². The van der Waals surface area contributed by atoms with Crippen molar-refractivity contribution in [1.82, 2.24) is 14.9 Å². The molecule has 4 rings (SSSR count). The van der Waals surface area contributed by atoms with Crippen molar-refractivity contribution in [1.29, 1.82) is 0 Å².